The summed E-state index contributed by atoms with van der Waals surface area (Å²) < 4.78 is 39.5. The Morgan fingerprint density at radius 2 is 1.57 bits per heavy atom. The van der Waals surface area contributed by atoms with Crippen LogP contribution in [0.4, 0.5) is 13.2 Å². The van der Waals surface area contributed by atoms with Gasteiger partial charge in [-0.25, -0.2) is 0 Å². The molecule has 0 aliphatic heterocycles. The number of hydrogen-bond acceptors (Lipinski definition) is 1. The molecule has 0 radical (unpaired) electrons. The summed E-state index contributed by atoms with van der Waals surface area (Å²) in [4.78, 5) is 0. The SMILES string of the molecule is Cn1nc(Cl)c(C(C)(C)C)c1-c1ccc(C(F)(F)F)cc1. The van der Waals surface area contributed by atoms with Crippen LogP contribution in [0.3, 0.4) is 0 Å². The van der Waals surface area contributed by atoms with Crippen LogP contribution in [0, 0.1) is 0 Å². The number of rotatable bonds is 1. The molecular weight excluding hydrogens is 301 g/mol. The van der Waals surface area contributed by atoms with Gasteiger partial charge in [-0.15, -0.1) is 0 Å². The number of aromatic nitrogens is 2. The normalized spacial score (nSPS) is 12.8. The summed E-state index contributed by atoms with van der Waals surface area (Å²) in [6.07, 6.45) is -4.34. The van der Waals surface area contributed by atoms with E-state index < -0.39 is 11.7 Å². The molecule has 1 heterocycles. The number of hydrogen-bond donors (Lipinski definition) is 0. The second-order valence-electron chi connectivity index (χ2n) is 5.96. The molecular formula is C15H16ClF3N2. The Morgan fingerprint density at radius 1 is 1.05 bits per heavy atom. The van der Waals surface area contributed by atoms with Gasteiger partial charge in [-0.3, -0.25) is 4.68 Å². The van der Waals surface area contributed by atoms with Crippen LogP contribution >= 0.6 is 11.6 Å². The molecule has 2 nitrogen and oxygen atoms in total. The molecule has 0 unspecified atom stereocenters. The topological polar surface area (TPSA) is 17.8 Å². The summed E-state index contributed by atoms with van der Waals surface area (Å²) in [5, 5.41) is 4.56. The van der Waals surface area contributed by atoms with Crippen molar-refractivity contribution in [3.05, 3.63) is 40.5 Å². The van der Waals surface area contributed by atoms with E-state index >= 15 is 0 Å². The first kappa shape index (κ1) is 15.9. The van der Waals surface area contributed by atoms with E-state index in [0.29, 0.717) is 10.7 Å². The van der Waals surface area contributed by atoms with Crippen molar-refractivity contribution < 1.29 is 13.2 Å². The molecule has 0 aliphatic rings. The van der Waals surface area contributed by atoms with Gasteiger partial charge in [0.25, 0.3) is 0 Å². The lowest BCUT2D eigenvalue weighted by atomic mass is 9.85. The fourth-order valence-corrected chi connectivity index (χ4v) is 2.79. The maximum absolute atomic E-state index is 12.6. The van der Waals surface area contributed by atoms with Crippen LogP contribution in [-0.2, 0) is 18.6 Å². The summed E-state index contributed by atoms with van der Waals surface area (Å²) in [7, 11) is 1.73. The van der Waals surface area contributed by atoms with Crippen molar-refractivity contribution in [1.29, 1.82) is 0 Å². The average molecular weight is 317 g/mol. The van der Waals surface area contributed by atoms with E-state index in [4.69, 9.17) is 11.6 Å². The Hall–Kier alpha value is -1.49. The maximum atomic E-state index is 12.6. The summed E-state index contributed by atoms with van der Waals surface area (Å²) in [5.74, 6) is 0. The fourth-order valence-electron chi connectivity index (χ4n) is 2.30. The molecule has 1 aromatic carbocycles. The Bertz CT molecular complexity index is 649. The highest BCUT2D eigenvalue weighted by molar-refractivity contribution is 6.30. The van der Waals surface area contributed by atoms with Crippen molar-refractivity contribution in [2.75, 3.05) is 0 Å². The van der Waals surface area contributed by atoms with Crippen LogP contribution < -0.4 is 0 Å². The van der Waals surface area contributed by atoms with Gasteiger partial charge in [0.2, 0.25) is 0 Å². The molecule has 0 bridgehead atoms. The quantitative estimate of drug-likeness (QED) is 0.719. The van der Waals surface area contributed by atoms with Crippen LogP contribution in [0.1, 0.15) is 31.9 Å². The largest absolute Gasteiger partial charge is 0.416 e. The van der Waals surface area contributed by atoms with Gasteiger partial charge in [0.15, 0.2) is 5.15 Å². The van der Waals surface area contributed by atoms with Gasteiger partial charge < -0.3 is 0 Å². The first-order valence-electron chi connectivity index (χ1n) is 6.42. The van der Waals surface area contributed by atoms with Crippen LogP contribution in [0.2, 0.25) is 5.15 Å². The third kappa shape index (κ3) is 3.07. The molecule has 0 N–H and O–H groups in total. The van der Waals surface area contributed by atoms with Crippen LogP contribution in [0.25, 0.3) is 11.3 Å². The Balaban J connectivity index is 2.58. The summed E-state index contributed by atoms with van der Waals surface area (Å²) in [6.45, 7) is 5.97. The first-order chi connectivity index (χ1) is 9.51. The molecule has 0 atom stereocenters. The summed E-state index contributed by atoms with van der Waals surface area (Å²) in [6, 6.07) is 5.04. The van der Waals surface area contributed by atoms with Gasteiger partial charge >= 0.3 is 6.18 Å². The molecule has 21 heavy (non-hydrogen) atoms. The van der Waals surface area contributed by atoms with E-state index in [1.165, 1.54) is 12.1 Å². The number of aryl methyl sites for hydroxylation is 1. The van der Waals surface area contributed by atoms with Gasteiger partial charge in [-0.05, 0) is 17.5 Å². The zero-order valence-corrected chi connectivity index (χ0v) is 13.0. The highest BCUT2D eigenvalue weighted by Crippen LogP contribution is 2.38. The minimum Gasteiger partial charge on any atom is -0.266 e. The van der Waals surface area contributed by atoms with Crippen LogP contribution in [0.5, 0.6) is 0 Å². The Labute approximate surface area is 126 Å². The molecule has 0 spiro atoms. The van der Waals surface area contributed by atoms with Crippen LogP contribution in [-0.4, -0.2) is 9.78 Å². The van der Waals surface area contributed by atoms with Crippen molar-refractivity contribution in [2.24, 2.45) is 7.05 Å². The molecule has 0 aliphatic carbocycles. The molecule has 6 heteroatoms. The molecule has 1 aromatic heterocycles. The Morgan fingerprint density at radius 3 is 2.00 bits per heavy atom. The monoisotopic (exact) mass is 316 g/mol. The number of nitrogens with zero attached hydrogens (tertiary/aromatic N) is 2. The molecule has 0 saturated heterocycles. The lowest BCUT2D eigenvalue weighted by molar-refractivity contribution is -0.137. The van der Waals surface area contributed by atoms with Gasteiger partial charge in [-0.2, -0.15) is 18.3 Å². The molecule has 0 fully saturated rings. The Kier molecular flexibility index (Phi) is 3.82. The van der Waals surface area contributed by atoms with Crippen molar-refractivity contribution in [2.45, 2.75) is 32.4 Å². The predicted octanol–water partition coefficient (Wildman–Crippen LogP) is 5.06. The molecule has 0 saturated carbocycles. The third-order valence-corrected chi connectivity index (χ3v) is 3.50. The van der Waals surface area contributed by atoms with Gasteiger partial charge in [0.1, 0.15) is 0 Å². The minimum absolute atomic E-state index is 0.261. The predicted molar refractivity (Wildman–Crippen MR) is 77.4 cm³/mol. The van der Waals surface area contributed by atoms with Gasteiger partial charge in [0.05, 0.1) is 11.3 Å². The first-order valence-corrected chi connectivity index (χ1v) is 6.80. The number of benzene rings is 1. The molecule has 114 valence electrons. The minimum atomic E-state index is -4.34. The lowest BCUT2D eigenvalue weighted by Crippen LogP contribution is -2.13. The third-order valence-electron chi connectivity index (χ3n) is 3.24. The number of alkyl halides is 3. The highest BCUT2D eigenvalue weighted by atomic mass is 35.5. The van der Waals surface area contributed by atoms with Crippen LogP contribution in [0.15, 0.2) is 24.3 Å². The summed E-state index contributed by atoms with van der Waals surface area (Å²) in [5.41, 5.74) is 1.29. The highest BCUT2D eigenvalue weighted by Gasteiger charge is 2.31. The fraction of sp³-hybridized carbons (Fsp3) is 0.400. The smallest absolute Gasteiger partial charge is 0.266 e. The number of halogens is 4. The molecule has 2 aromatic rings. The average Bonchev–Trinajstić information content (AvgIpc) is 2.63. The van der Waals surface area contributed by atoms with E-state index in [2.05, 4.69) is 5.10 Å². The van der Waals surface area contributed by atoms with E-state index in [9.17, 15) is 13.2 Å². The van der Waals surface area contributed by atoms with E-state index in [1.54, 1.807) is 11.7 Å². The van der Waals surface area contributed by atoms with Crippen molar-refractivity contribution in [3.8, 4) is 11.3 Å². The second kappa shape index (κ2) is 5.05. The summed E-state index contributed by atoms with van der Waals surface area (Å²) >= 11 is 6.18. The van der Waals surface area contributed by atoms with Crippen molar-refractivity contribution >= 4 is 11.6 Å². The zero-order valence-electron chi connectivity index (χ0n) is 12.2. The molecule has 2 rings (SSSR count). The van der Waals surface area contributed by atoms with Gasteiger partial charge in [-0.1, -0.05) is 44.5 Å². The van der Waals surface area contributed by atoms with E-state index in [-0.39, 0.29) is 5.41 Å². The zero-order chi connectivity index (χ0) is 16.0. The lowest BCUT2D eigenvalue weighted by Gasteiger charge is -2.20. The van der Waals surface area contributed by atoms with Gasteiger partial charge in [0, 0.05) is 18.2 Å². The van der Waals surface area contributed by atoms with Crippen molar-refractivity contribution in [1.82, 2.24) is 9.78 Å². The standard InChI is InChI=1S/C15H16ClF3N2/c1-14(2,3)11-12(21(4)20-13(11)16)9-5-7-10(8-6-9)15(17,18)19/h5-8H,1-4H3. The maximum Gasteiger partial charge on any atom is 0.416 e. The van der Waals surface area contributed by atoms with Crippen molar-refractivity contribution in [3.63, 3.8) is 0 Å². The molecule has 0 amide bonds. The van der Waals surface area contributed by atoms with E-state index in [1.807, 2.05) is 20.8 Å². The van der Waals surface area contributed by atoms with E-state index in [0.717, 1.165) is 23.4 Å². The second-order valence-corrected chi connectivity index (χ2v) is 6.32.